The Morgan fingerprint density at radius 1 is 1.11 bits per heavy atom. The zero-order valence-electron chi connectivity index (χ0n) is 16.0. The number of nitrogens with zero attached hydrogens (tertiary/aromatic N) is 1. The molecule has 150 valence electrons. The van der Waals surface area contributed by atoms with Gasteiger partial charge in [-0.2, -0.15) is 4.31 Å². The van der Waals surface area contributed by atoms with Crippen LogP contribution in [0.2, 0.25) is 0 Å². The first-order chi connectivity index (χ1) is 13.3. The number of piperazine rings is 1. The average Bonchev–Trinajstić information content (AvgIpc) is 2.64. The third-order valence-electron chi connectivity index (χ3n) is 4.92. The van der Waals surface area contributed by atoms with Crippen LogP contribution < -0.4 is 10.2 Å². The summed E-state index contributed by atoms with van der Waals surface area (Å²) in [5.74, 6) is -0.530. The molecule has 8 heteroatoms. The van der Waals surface area contributed by atoms with Gasteiger partial charge >= 0.3 is 0 Å². The summed E-state index contributed by atoms with van der Waals surface area (Å²) in [6.07, 6.45) is 0. The van der Waals surface area contributed by atoms with Crippen LogP contribution in [-0.2, 0) is 14.8 Å². The molecule has 2 aromatic rings. The summed E-state index contributed by atoms with van der Waals surface area (Å²) in [5.41, 5.74) is 2.31. The van der Waals surface area contributed by atoms with Crippen LogP contribution in [-0.4, -0.2) is 51.4 Å². The number of hydrogen-bond acceptors (Lipinski definition) is 3. The fourth-order valence-corrected chi connectivity index (χ4v) is 5.06. The minimum atomic E-state index is -3.53. The van der Waals surface area contributed by atoms with E-state index in [2.05, 4.69) is 5.32 Å². The standard InChI is InChI=1S/C20H24FN3O3S/c1-15-3-8-19(16(2)13-15)28(26,27)24-11-9-23(10-12-24)14-20(25)22-18-6-4-17(21)5-7-18/h3-8,13H,9-12,14H2,1-2H3,(H,22,25)/p+1. The molecule has 28 heavy (non-hydrogen) atoms. The first-order valence-corrected chi connectivity index (χ1v) is 10.7. The fraction of sp³-hybridized carbons (Fsp3) is 0.350. The second kappa shape index (κ2) is 8.38. The first kappa shape index (κ1) is 20.4. The van der Waals surface area contributed by atoms with E-state index in [0.29, 0.717) is 36.8 Å². The molecular formula is C20H25FN3O3S+. The number of carbonyl (C=O) groups is 1. The van der Waals surface area contributed by atoms with E-state index in [1.165, 1.54) is 28.6 Å². The molecule has 2 aromatic carbocycles. The number of quaternary nitrogens is 1. The van der Waals surface area contributed by atoms with Gasteiger partial charge in [0.25, 0.3) is 5.91 Å². The monoisotopic (exact) mass is 406 g/mol. The van der Waals surface area contributed by atoms with Gasteiger partial charge < -0.3 is 10.2 Å². The largest absolute Gasteiger partial charge is 0.325 e. The van der Waals surface area contributed by atoms with E-state index < -0.39 is 10.0 Å². The number of rotatable bonds is 5. The maximum atomic E-state index is 12.9. The van der Waals surface area contributed by atoms with Gasteiger partial charge in [0.05, 0.1) is 31.1 Å². The molecule has 3 rings (SSSR count). The maximum absolute atomic E-state index is 12.9. The van der Waals surface area contributed by atoms with Crippen molar-refractivity contribution in [1.82, 2.24) is 4.31 Å². The van der Waals surface area contributed by atoms with Gasteiger partial charge in [-0.05, 0) is 49.7 Å². The Morgan fingerprint density at radius 2 is 1.75 bits per heavy atom. The molecule has 0 saturated carbocycles. The van der Waals surface area contributed by atoms with Crippen molar-refractivity contribution >= 4 is 21.6 Å². The van der Waals surface area contributed by atoms with E-state index in [0.717, 1.165) is 16.0 Å². The van der Waals surface area contributed by atoms with Crippen molar-refractivity contribution in [2.45, 2.75) is 18.7 Å². The lowest BCUT2D eigenvalue weighted by molar-refractivity contribution is -0.895. The highest BCUT2D eigenvalue weighted by Gasteiger charge is 2.32. The number of aryl methyl sites for hydroxylation is 2. The quantitative estimate of drug-likeness (QED) is 0.778. The van der Waals surface area contributed by atoms with Gasteiger partial charge in [-0.15, -0.1) is 0 Å². The molecule has 0 aliphatic carbocycles. The van der Waals surface area contributed by atoms with E-state index in [1.54, 1.807) is 19.1 Å². The predicted molar refractivity (Wildman–Crippen MR) is 105 cm³/mol. The minimum Gasteiger partial charge on any atom is -0.325 e. The van der Waals surface area contributed by atoms with E-state index in [1.807, 2.05) is 13.0 Å². The van der Waals surface area contributed by atoms with Crippen LogP contribution >= 0.6 is 0 Å². The number of halogens is 1. The lowest BCUT2D eigenvalue weighted by Crippen LogP contribution is -3.15. The summed E-state index contributed by atoms with van der Waals surface area (Å²) >= 11 is 0. The predicted octanol–water partition coefficient (Wildman–Crippen LogP) is 0.970. The highest BCUT2D eigenvalue weighted by molar-refractivity contribution is 7.89. The third kappa shape index (κ3) is 4.76. The van der Waals surface area contributed by atoms with Crippen molar-refractivity contribution in [3.63, 3.8) is 0 Å². The van der Waals surface area contributed by atoms with Gasteiger partial charge in [-0.1, -0.05) is 17.7 Å². The SMILES string of the molecule is Cc1ccc(S(=O)(=O)N2CC[NH+](CC(=O)Nc3ccc(F)cc3)CC2)c(C)c1. The highest BCUT2D eigenvalue weighted by atomic mass is 32.2. The highest BCUT2D eigenvalue weighted by Crippen LogP contribution is 2.20. The zero-order chi connectivity index (χ0) is 20.3. The third-order valence-corrected chi connectivity index (χ3v) is 6.98. The second-order valence-electron chi connectivity index (χ2n) is 7.15. The molecule has 0 unspecified atom stereocenters. The molecule has 1 heterocycles. The normalized spacial score (nSPS) is 16.1. The van der Waals surface area contributed by atoms with Gasteiger partial charge in [-0.3, -0.25) is 4.79 Å². The summed E-state index contributed by atoms with van der Waals surface area (Å²) in [4.78, 5) is 13.5. The molecule has 1 amide bonds. The lowest BCUT2D eigenvalue weighted by atomic mass is 10.2. The van der Waals surface area contributed by atoms with Gasteiger partial charge in [-0.25, -0.2) is 12.8 Å². The van der Waals surface area contributed by atoms with Gasteiger partial charge in [0.2, 0.25) is 10.0 Å². The van der Waals surface area contributed by atoms with Crippen LogP contribution in [0.3, 0.4) is 0 Å². The number of amides is 1. The summed E-state index contributed by atoms with van der Waals surface area (Å²) in [6, 6.07) is 10.9. The molecular weight excluding hydrogens is 381 g/mol. The topological polar surface area (TPSA) is 70.9 Å². The second-order valence-corrected chi connectivity index (χ2v) is 9.06. The molecule has 0 bridgehead atoms. The van der Waals surface area contributed by atoms with Crippen molar-refractivity contribution in [2.24, 2.45) is 0 Å². The van der Waals surface area contributed by atoms with E-state index in [-0.39, 0.29) is 18.3 Å². The number of hydrogen-bond donors (Lipinski definition) is 2. The molecule has 2 N–H and O–H groups in total. The lowest BCUT2D eigenvalue weighted by Gasteiger charge is -2.31. The number of anilines is 1. The van der Waals surface area contributed by atoms with Crippen molar-refractivity contribution in [1.29, 1.82) is 0 Å². The zero-order valence-corrected chi connectivity index (χ0v) is 16.9. The Balaban J connectivity index is 1.56. The van der Waals surface area contributed by atoms with E-state index in [9.17, 15) is 17.6 Å². The van der Waals surface area contributed by atoms with Crippen molar-refractivity contribution in [3.05, 3.63) is 59.4 Å². The van der Waals surface area contributed by atoms with Gasteiger partial charge in [0.15, 0.2) is 6.54 Å². The smallest absolute Gasteiger partial charge is 0.279 e. The number of nitrogens with one attached hydrogen (secondary N) is 2. The van der Waals surface area contributed by atoms with Crippen LogP contribution in [0.5, 0.6) is 0 Å². The Bertz CT molecular complexity index is 953. The number of carbonyl (C=O) groups excluding carboxylic acids is 1. The summed E-state index contributed by atoms with van der Waals surface area (Å²) in [5, 5.41) is 2.74. The average molecular weight is 407 g/mol. The van der Waals surface area contributed by atoms with E-state index >= 15 is 0 Å². The number of sulfonamides is 1. The van der Waals surface area contributed by atoms with Crippen LogP contribution in [0.25, 0.3) is 0 Å². The Hall–Kier alpha value is -2.29. The Labute approximate surface area is 165 Å². The molecule has 0 spiro atoms. The molecule has 0 aromatic heterocycles. The summed E-state index contributed by atoms with van der Waals surface area (Å²) < 4.78 is 40.3. The molecule has 1 fully saturated rings. The van der Waals surface area contributed by atoms with Gasteiger partial charge in [0, 0.05) is 5.69 Å². The van der Waals surface area contributed by atoms with Crippen molar-refractivity contribution in [3.8, 4) is 0 Å². The summed E-state index contributed by atoms with van der Waals surface area (Å²) in [6.45, 7) is 5.84. The van der Waals surface area contributed by atoms with Crippen molar-refractivity contribution in [2.75, 3.05) is 38.0 Å². The fourth-order valence-electron chi connectivity index (χ4n) is 3.41. The molecule has 6 nitrogen and oxygen atoms in total. The minimum absolute atomic E-state index is 0.174. The molecule has 1 saturated heterocycles. The molecule has 0 radical (unpaired) electrons. The first-order valence-electron chi connectivity index (χ1n) is 9.22. The molecule has 1 aliphatic rings. The summed E-state index contributed by atoms with van der Waals surface area (Å²) in [7, 11) is -3.53. The van der Waals surface area contributed by atoms with Crippen LogP contribution in [0.1, 0.15) is 11.1 Å². The molecule has 1 aliphatic heterocycles. The maximum Gasteiger partial charge on any atom is 0.279 e. The number of benzene rings is 2. The Morgan fingerprint density at radius 3 is 2.36 bits per heavy atom. The van der Waals surface area contributed by atoms with E-state index in [4.69, 9.17) is 0 Å². The van der Waals surface area contributed by atoms with Crippen LogP contribution in [0.15, 0.2) is 47.4 Å². The van der Waals surface area contributed by atoms with Crippen LogP contribution in [0.4, 0.5) is 10.1 Å². The molecule has 0 atom stereocenters. The van der Waals surface area contributed by atoms with Crippen LogP contribution in [0, 0.1) is 19.7 Å². The van der Waals surface area contributed by atoms with Crippen molar-refractivity contribution < 1.29 is 22.5 Å². The Kier molecular flexibility index (Phi) is 6.12. The van der Waals surface area contributed by atoms with Gasteiger partial charge in [0.1, 0.15) is 5.82 Å².